The van der Waals surface area contributed by atoms with E-state index in [-0.39, 0.29) is 29.8 Å². The summed E-state index contributed by atoms with van der Waals surface area (Å²) in [5.41, 5.74) is 6.98. The molecule has 0 amide bonds. The van der Waals surface area contributed by atoms with Crippen LogP contribution in [0.2, 0.25) is 0 Å². The first-order chi connectivity index (χ1) is 11.7. The minimum absolute atomic E-state index is 0. The van der Waals surface area contributed by atoms with Crippen LogP contribution in [-0.2, 0) is 6.54 Å². The molecule has 1 aromatic heterocycles. The van der Waals surface area contributed by atoms with Crippen LogP contribution in [0.15, 0.2) is 47.6 Å². The quantitative estimate of drug-likeness (QED) is 0.430. The summed E-state index contributed by atoms with van der Waals surface area (Å²) in [6.45, 7) is 2.44. The first kappa shape index (κ1) is 19.4. The van der Waals surface area contributed by atoms with E-state index in [1.807, 2.05) is 6.07 Å². The number of hydrogen-bond acceptors (Lipinski definition) is 3. The van der Waals surface area contributed by atoms with Crippen LogP contribution in [0.25, 0.3) is 0 Å². The number of hydrogen-bond donors (Lipinski definition) is 1. The average molecular weight is 456 g/mol. The minimum atomic E-state index is -0.341. The van der Waals surface area contributed by atoms with Crippen LogP contribution in [0.5, 0.6) is 11.6 Å². The van der Waals surface area contributed by atoms with Crippen LogP contribution >= 0.6 is 24.0 Å². The molecule has 2 aromatic rings. The molecule has 5 nitrogen and oxygen atoms in total. The Morgan fingerprint density at radius 1 is 1.20 bits per heavy atom. The van der Waals surface area contributed by atoms with E-state index in [4.69, 9.17) is 10.5 Å². The summed E-state index contributed by atoms with van der Waals surface area (Å²) in [6, 6.07) is 9.59. The molecule has 1 aliphatic rings. The van der Waals surface area contributed by atoms with Gasteiger partial charge in [-0.05, 0) is 37.0 Å². The van der Waals surface area contributed by atoms with Crippen LogP contribution in [-0.4, -0.2) is 28.9 Å². The van der Waals surface area contributed by atoms with E-state index in [0.717, 1.165) is 18.7 Å². The maximum atomic E-state index is 13.1. The van der Waals surface area contributed by atoms with Crippen molar-refractivity contribution >= 4 is 29.9 Å². The highest BCUT2D eigenvalue weighted by Crippen LogP contribution is 2.20. The van der Waals surface area contributed by atoms with Gasteiger partial charge in [0, 0.05) is 31.4 Å². The van der Waals surface area contributed by atoms with E-state index < -0.39 is 0 Å². The second-order valence-electron chi connectivity index (χ2n) is 5.79. The fraction of sp³-hybridized carbons (Fsp3) is 0.333. The number of guanidine groups is 1. The molecular formula is C18H22FIN4O. The molecule has 1 aliphatic heterocycles. The molecule has 0 radical (unpaired) electrons. The summed E-state index contributed by atoms with van der Waals surface area (Å²) in [6.07, 6.45) is 5.30. The van der Waals surface area contributed by atoms with Gasteiger partial charge in [0.05, 0.1) is 6.54 Å². The number of nitrogens with two attached hydrogens (primary N) is 1. The number of piperidine rings is 1. The van der Waals surface area contributed by atoms with Crippen LogP contribution in [0.3, 0.4) is 0 Å². The number of rotatable bonds is 4. The SMILES string of the molecule is I.NC(=NCc1ccc(Oc2cccc(F)c2)nc1)N1CCCCC1. The zero-order chi connectivity index (χ0) is 16.8. The predicted molar refractivity (Wildman–Crippen MR) is 107 cm³/mol. The Labute approximate surface area is 164 Å². The van der Waals surface area contributed by atoms with E-state index in [1.54, 1.807) is 24.4 Å². The molecule has 0 unspecified atom stereocenters. The van der Waals surface area contributed by atoms with Gasteiger partial charge in [-0.25, -0.2) is 14.4 Å². The largest absolute Gasteiger partial charge is 0.439 e. The van der Waals surface area contributed by atoms with E-state index in [9.17, 15) is 4.39 Å². The van der Waals surface area contributed by atoms with Crippen molar-refractivity contribution in [2.75, 3.05) is 13.1 Å². The van der Waals surface area contributed by atoms with Crippen molar-refractivity contribution in [3.8, 4) is 11.6 Å². The Hall–Kier alpha value is -1.90. The van der Waals surface area contributed by atoms with Crippen molar-refractivity contribution in [1.82, 2.24) is 9.88 Å². The molecule has 2 N–H and O–H groups in total. The van der Waals surface area contributed by atoms with Crippen LogP contribution < -0.4 is 10.5 Å². The molecule has 0 saturated carbocycles. The molecule has 1 fully saturated rings. The van der Waals surface area contributed by atoms with E-state index in [1.165, 1.54) is 31.4 Å². The highest BCUT2D eigenvalue weighted by molar-refractivity contribution is 14.0. The fourth-order valence-corrected chi connectivity index (χ4v) is 2.61. The van der Waals surface area contributed by atoms with Crippen molar-refractivity contribution in [1.29, 1.82) is 0 Å². The van der Waals surface area contributed by atoms with Gasteiger partial charge in [-0.1, -0.05) is 12.1 Å². The standard InChI is InChI=1S/C18H21FN4O.HI/c19-15-5-4-6-16(11-15)24-17-8-7-14(12-21-17)13-22-18(20)23-9-2-1-3-10-23;/h4-8,11-12H,1-3,9-10,13H2,(H2,20,22);1H. The molecular weight excluding hydrogens is 434 g/mol. The van der Waals surface area contributed by atoms with Crippen LogP contribution in [0.4, 0.5) is 4.39 Å². The molecule has 7 heteroatoms. The van der Waals surface area contributed by atoms with Gasteiger partial charge >= 0.3 is 0 Å². The molecule has 25 heavy (non-hydrogen) atoms. The zero-order valence-corrected chi connectivity index (χ0v) is 16.2. The van der Waals surface area contributed by atoms with Gasteiger partial charge in [0.25, 0.3) is 0 Å². The van der Waals surface area contributed by atoms with E-state index in [2.05, 4.69) is 14.9 Å². The second kappa shape index (κ2) is 9.55. The van der Waals surface area contributed by atoms with Crippen LogP contribution in [0.1, 0.15) is 24.8 Å². The third-order valence-corrected chi connectivity index (χ3v) is 3.92. The number of aliphatic imine (C=N–C) groups is 1. The number of likely N-dealkylation sites (tertiary alicyclic amines) is 1. The predicted octanol–water partition coefficient (Wildman–Crippen LogP) is 3.93. The summed E-state index contributed by atoms with van der Waals surface area (Å²) >= 11 is 0. The molecule has 0 spiro atoms. The molecule has 2 heterocycles. The summed E-state index contributed by atoms with van der Waals surface area (Å²) in [7, 11) is 0. The van der Waals surface area contributed by atoms with Gasteiger partial charge in [0.1, 0.15) is 11.6 Å². The Morgan fingerprint density at radius 2 is 2.00 bits per heavy atom. The van der Waals surface area contributed by atoms with E-state index in [0.29, 0.717) is 24.1 Å². The Balaban J connectivity index is 0.00000225. The Kier molecular flexibility index (Phi) is 7.42. The van der Waals surface area contributed by atoms with Crippen molar-refractivity contribution in [3.05, 3.63) is 54.0 Å². The molecule has 0 bridgehead atoms. The van der Waals surface area contributed by atoms with Gasteiger partial charge in [0.2, 0.25) is 5.88 Å². The average Bonchev–Trinajstić information content (AvgIpc) is 2.62. The number of ether oxygens (including phenoxy) is 1. The fourth-order valence-electron chi connectivity index (χ4n) is 2.61. The normalized spacial score (nSPS) is 14.8. The lowest BCUT2D eigenvalue weighted by Crippen LogP contribution is -2.40. The summed E-state index contributed by atoms with van der Waals surface area (Å²) < 4.78 is 18.6. The van der Waals surface area contributed by atoms with Crippen LogP contribution in [0, 0.1) is 5.82 Å². The molecule has 3 rings (SSSR count). The monoisotopic (exact) mass is 456 g/mol. The lowest BCUT2D eigenvalue weighted by molar-refractivity contribution is 0.338. The molecule has 1 aromatic carbocycles. The summed E-state index contributed by atoms with van der Waals surface area (Å²) in [5, 5.41) is 0. The third kappa shape index (κ3) is 5.84. The van der Waals surface area contributed by atoms with Crippen molar-refractivity contribution in [2.45, 2.75) is 25.8 Å². The third-order valence-electron chi connectivity index (χ3n) is 3.92. The molecule has 0 aliphatic carbocycles. The summed E-state index contributed by atoms with van der Waals surface area (Å²) in [5.74, 6) is 1.08. The van der Waals surface area contributed by atoms with Crippen molar-refractivity contribution in [2.24, 2.45) is 10.7 Å². The first-order valence-corrected chi connectivity index (χ1v) is 8.14. The number of pyridine rings is 1. The second-order valence-corrected chi connectivity index (χ2v) is 5.79. The lowest BCUT2D eigenvalue weighted by Gasteiger charge is -2.27. The van der Waals surface area contributed by atoms with Gasteiger partial charge in [0.15, 0.2) is 5.96 Å². The first-order valence-electron chi connectivity index (χ1n) is 8.14. The topological polar surface area (TPSA) is 63.7 Å². The Morgan fingerprint density at radius 3 is 2.68 bits per heavy atom. The lowest BCUT2D eigenvalue weighted by atomic mass is 10.1. The highest BCUT2D eigenvalue weighted by Gasteiger charge is 2.11. The minimum Gasteiger partial charge on any atom is -0.439 e. The maximum absolute atomic E-state index is 13.1. The molecule has 0 atom stereocenters. The smallest absolute Gasteiger partial charge is 0.219 e. The molecule has 1 saturated heterocycles. The number of aromatic nitrogens is 1. The molecule has 134 valence electrons. The van der Waals surface area contributed by atoms with Gasteiger partial charge in [-0.15, -0.1) is 24.0 Å². The van der Waals surface area contributed by atoms with Crippen molar-refractivity contribution < 1.29 is 9.13 Å². The number of benzene rings is 1. The highest BCUT2D eigenvalue weighted by atomic mass is 127. The van der Waals surface area contributed by atoms with Gasteiger partial charge in [-0.2, -0.15) is 0 Å². The summed E-state index contributed by atoms with van der Waals surface area (Å²) in [4.78, 5) is 10.8. The van der Waals surface area contributed by atoms with Crippen molar-refractivity contribution in [3.63, 3.8) is 0 Å². The maximum Gasteiger partial charge on any atom is 0.219 e. The Bertz CT molecular complexity index is 702. The number of nitrogens with zero attached hydrogens (tertiary/aromatic N) is 3. The zero-order valence-electron chi connectivity index (χ0n) is 13.9. The van der Waals surface area contributed by atoms with Gasteiger partial charge in [-0.3, -0.25) is 0 Å². The van der Waals surface area contributed by atoms with Gasteiger partial charge < -0.3 is 15.4 Å². The number of halogens is 2. The van der Waals surface area contributed by atoms with E-state index >= 15 is 0 Å².